The van der Waals surface area contributed by atoms with Gasteiger partial charge in [0.1, 0.15) is 5.75 Å². The zero-order chi connectivity index (χ0) is 45.2. The van der Waals surface area contributed by atoms with Crippen LogP contribution >= 0.6 is 0 Å². The molecule has 3 heterocycles. The minimum Gasteiger partial charge on any atom is -0.454 e. The molecule has 0 N–H and O–H groups in total. The number of hydrogen-bond donors (Lipinski definition) is 0. The fourth-order valence-electron chi connectivity index (χ4n) is 10.2. The number of fused-ring (bicyclic) bond motifs is 8. The van der Waals surface area contributed by atoms with Gasteiger partial charge in [0.05, 0.1) is 39.0 Å². The van der Waals surface area contributed by atoms with Crippen LogP contribution in [0.3, 0.4) is 0 Å². The van der Waals surface area contributed by atoms with Crippen molar-refractivity contribution < 1.29 is 4.74 Å². The van der Waals surface area contributed by atoms with E-state index in [1.54, 1.807) is 0 Å². The smallest absolute Gasteiger partial charge is 0.163 e. The number of aromatic nitrogens is 2. The maximum Gasteiger partial charge on any atom is 0.163 e. The molecule has 0 amide bonds. The summed E-state index contributed by atoms with van der Waals surface area (Å²) in [5.74, 6) is 2.09. The Labute approximate surface area is 389 Å². The number of ether oxygens (including phenoxy) is 1. The molecular weight excluding hydrogens is 817 g/mol. The minimum atomic E-state index is -0.428. The summed E-state index contributed by atoms with van der Waals surface area (Å²) in [5, 5.41) is 4.82. The molecule has 0 aliphatic carbocycles. The van der Waals surface area contributed by atoms with Gasteiger partial charge in [0.2, 0.25) is 0 Å². The molecule has 0 atom stereocenters. The molecule has 0 fully saturated rings. The van der Waals surface area contributed by atoms with Gasteiger partial charge in [-0.2, -0.15) is 0 Å². The van der Waals surface area contributed by atoms with Crippen LogP contribution in [0.25, 0.3) is 71.8 Å². The van der Waals surface area contributed by atoms with Crippen molar-refractivity contribution in [2.75, 3.05) is 0 Å². The lowest BCUT2D eigenvalue weighted by Crippen LogP contribution is -2.26. The van der Waals surface area contributed by atoms with Crippen molar-refractivity contribution in [1.82, 2.24) is 9.13 Å². The van der Waals surface area contributed by atoms with E-state index < -0.39 is 5.41 Å². The summed E-state index contributed by atoms with van der Waals surface area (Å²) in [4.78, 5) is 10.4. The van der Waals surface area contributed by atoms with Crippen molar-refractivity contribution in [2.45, 2.75) is 26.2 Å². The quantitative estimate of drug-likeness (QED) is 0.116. The third kappa shape index (κ3) is 6.61. The predicted molar refractivity (Wildman–Crippen MR) is 280 cm³/mol. The SMILES string of the molecule is C=C(N=C(N=C(C)c1ccccc1)c1cccc2c1Oc1c(-n3c4ccccc4c4cc(-c5ccc6c(c5)c5ccccc5n6-c5ccccc5)ccc43)cccc1C2(C)C)c1ccccc1. The first kappa shape index (κ1) is 40.0. The summed E-state index contributed by atoms with van der Waals surface area (Å²) < 4.78 is 12.1. The highest BCUT2D eigenvalue weighted by Crippen LogP contribution is 2.52. The van der Waals surface area contributed by atoms with Crippen LogP contribution in [0.4, 0.5) is 0 Å². The number of hydrogen-bond acceptors (Lipinski definition) is 2. The normalized spacial score (nSPS) is 13.5. The van der Waals surface area contributed by atoms with Crippen LogP contribution in [-0.2, 0) is 5.41 Å². The van der Waals surface area contributed by atoms with E-state index in [1.807, 2.05) is 55.5 Å². The molecule has 0 unspecified atom stereocenters. The maximum absolute atomic E-state index is 7.35. The van der Waals surface area contributed by atoms with Gasteiger partial charge in [-0.3, -0.25) is 0 Å². The van der Waals surface area contributed by atoms with E-state index >= 15 is 0 Å². The van der Waals surface area contributed by atoms with E-state index in [1.165, 1.54) is 38.1 Å². The molecule has 320 valence electrons. The van der Waals surface area contributed by atoms with E-state index in [2.05, 4.69) is 193 Å². The van der Waals surface area contributed by atoms with E-state index in [0.29, 0.717) is 11.5 Å². The molecule has 0 bridgehead atoms. The van der Waals surface area contributed by atoms with Gasteiger partial charge in [-0.25, -0.2) is 9.98 Å². The van der Waals surface area contributed by atoms with Crippen LogP contribution in [-0.4, -0.2) is 20.7 Å². The van der Waals surface area contributed by atoms with Crippen LogP contribution in [0, 0.1) is 0 Å². The molecule has 67 heavy (non-hydrogen) atoms. The van der Waals surface area contributed by atoms with Crippen molar-refractivity contribution >= 4 is 60.9 Å². The number of para-hydroxylation sites is 5. The molecule has 12 rings (SSSR count). The Morgan fingerprint density at radius 3 is 1.61 bits per heavy atom. The number of nitrogens with zero attached hydrogens (tertiary/aromatic N) is 4. The zero-order valence-corrected chi connectivity index (χ0v) is 37.6. The Morgan fingerprint density at radius 1 is 0.463 bits per heavy atom. The summed E-state index contributed by atoms with van der Waals surface area (Å²) in [5.41, 5.74) is 15.0. The Morgan fingerprint density at radius 2 is 0.970 bits per heavy atom. The lowest BCUT2D eigenvalue weighted by atomic mass is 9.75. The Kier molecular flexibility index (Phi) is 9.47. The van der Waals surface area contributed by atoms with Crippen molar-refractivity contribution in [2.24, 2.45) is 9.98 Å². The van der Waals surface area contributed by atoms with E-state index in [-0.39, 0.29) is 0 Å². The largest absolute Gasteiger partial charge is 0.454 e. The van der Waals surface area contributed by atoms with Gasteiger partial charge in [-0.15, -0.1) is 0 Å². The minimum absolute atomic E-state index is 0.428. The Balaban J connectivity index is 1.01. The summed E-state index contributed by atoms with van der Waals surface area (Å²) >= 11 is 0. The first-order valence-corrected chi connectivity index (χ1v) is 22.8. The van der Waals surface area contributed by atoms with Crippen molar-refractivity contribution in [3.63, 3.8) is 0 Å². The van der Waals surface area contributed by atoms with E-state index in [0.717, 1.165) is 73.0 Å². The first-order valence-electron chi connectivity index (χ1n) is 22.8. The van der Waals surface area contributed by atoms with Crippen LogP contribution in [0.1, 0.15) is 48.6 Å². The van der Waals surface area contributed by atoms with E-state index in [9.17, 15) is 0 Å². The van der Waals surface area contributed by atoms with Crippen molar-refractivity contribution in [3.8, 4) is 34.0 Å². The molecular formula is C62H46N4O. The molecule has 0 saturated heterocycles. The second-order valence-electron chi connectivity index (χ2n) is 17.9. The second-order valence-corrected chi connectivity index (χ2v) is 17.9. The van der Waals surface area contributed by atoms with Gasteiger partial charge in [0, 0.05) is 49.5 Å². The molecule has 1 aliphatic heterocycles. The zero-order valence-electron chi connectivity index (χ0n) is 37.6. The monoisotopic (exact) mass is 862 g/mol. The molecule has 0 saturated carbocycles. The van der Waals surface area contributed by atoms with Crippen molar-refractivity contribution in [3.05, 3.63) is 247 Å². The highest BCUT2D eigenvalue weighted by molar-refractivity contribution is 6.15. The Hall–Kier alpha value is -8.54. The number of amidine groups is 1. The fourth-order valence-corrected chi connectivity index (χ4v) is 10.2. The van der Waals surface area contributed by atoms with Crippen LogP contribution in [0.5, 0.6) is 11.5 Å². The topological polar surface area (TPSA) is 43.8 Å². The average molecular weight is 863 g/mol. The van der Waals surface area contributed by atoms with Crippen LogP contribution < -0.4 is 4.74 Å². The van der Waals surface area contributed by atoms with Gasteiger partial charge >= 0.3 is 0 Å². The number of rotatable bonds is 7. The molecule has 11 aromatic rings. The molecule has 0 radical (unpaired) electrons. The van der Waals surface area contributed by atoms with Gasteiger partial charge < -0.3 is 13.9 Å². The third-order valence-corrected chi connectivity index (χ3v) is 13.5. The first-order chi connectivity index (χ1) is 32.8. The van der Waals surface area contributed by atoms with Crippen molar-refractivity contribution in [1.29, 1.82) is 0 Å². The lowest BCUT2D eigenvalue weighted by molar-refractivity contribution is 0.416. The second kappa shape index (κ2) is 15.9. The molecule has 2 aromatic heterocycles. The predicted octanol–water partition coefficient (Wildman–Crippen LogP) is 15.9. The number of aliphatic imine (C=N–C) groups is 2. The summed E-state index contributed by atoms with van der Waals surface area (Å²) in [6.45, 7) is 11.0. The third-order valence-electron chi connectivity index (χ3n) is 13.5. The average Bonchev–Trinajstić information content (AvgIpc) is 3.89. The Bertz CT molecular complexity index is 3820. The molecule has 9 aromatic carbocycles. The van der Waals surface area contributed by atoms with Gasteiger partial charge in [-0.1, -0.05) is 172 Å². The number of benzene rings is 9. The molecule has 0 spiro atoms. The summed E-state index contributed by atoms with van der Waals surface area (Å²) in [6, 6.07) is 75.0. The van der Waals surface area contributed by atoms with Crippen LogP contribution in [0.2, 0.25) is 0 Å². The molecule has 5 heteroatoms. The highest BCUT2D eigenvalue weighted by Gasteiger charge is 2.38. The van der Waals surface area contributed by atoms with Gasteiger partial charge in [0.15, 0.2) is 11.6 Å². The van der Waals surface area contributed by atoms with Crippen LogP contribution in [0.15, 0.2) is 229 Å². The molecule has 5 nitrogen and oxygen atoms in total. The van der Waals surface area contributed by atoms with E-state index in [4.69, 9.17) is 14.7 Å². The fraction of sp³-hybridized carbons (Fsp3) is 0.0645. The standard InChI is InChI=1S/C62H46N4O/c1-40(42-20-8-5-9-21-42)63-61(64-41(2)43-22-10-6-11-23-43)49-28-18-29-52-59(49)67-60-53(62(52,3)4)30-19-33-58(60)66-55-32-17-15-27-48(55)51-39-45(35-37-57(51)66)44-34-36-56-50(38-44)47-26-14-16-31-54(47)65(56)46-24-12-7-13-25-46/h5-39H,1H2,2-4H3. The lowest BCUT2D eigenvalue weighted by Gasteiger charge is -2.36. The summed E-state index contributed by atoms with van der Waals surface area (Å²) in [7, 11) is 0. The van der Waals surface area contributed by atoms with Gasteiger partial charge in [0.25, 0.3) is 0 Å². The molecule has 1 aliphatic rings. The maximum atomic E-state index is 7.35. The highest BCUT2D eigenvalue weighted by atomic mass is 16.5. The summed E-state index contributed by atoms with van der Waals surface area (Å²) in [6.07, 6.45) is 0. The van der Waals surface area contributed by atoms with Gasteiger partial charge in [-0.05, 0) is 89.8 Å².